The quantitative estimate of drug-likeness (QED) is 0.542. The number of nitrogens with zero attached hydrogens (tertiary/aromatic N) is 2. The van der Waals surface area contributed by atoms with Gasteiger partial charge in [-0.2, -0.15) is 0 Å². The Kier molecular flexibility index (Phi) is 4.25. The molecule has 0 bridgehead atoms. The first-order chi connectivity index (χ1) is 13.1. The highest BCUT2D eigenvalue weighted by molar-refractivity contribution is 6.00. The Bertz CT molecular complexity index is 1110. The number of anilines is 2. The molecule has 2 amide bonds. The van der Waals surface area contributed by atoms with Gasteiger partial charge in [0.2, 0.25) is 0 Å². The van der Waals surface area contributed by atoms with Crippen LogP contribution >= 0.6 is 0 Å². The zero-order valence-corrected chi connectivity index (χ0v) is 14.0. The number of benzene rings is 2. The van der Waals surface area contributed by atoms with Crippen LogP contribution in [-0.2, 0) is 0 Å². The summed E-state index contributed by atoms with van der Waals surface area (Å²) < 4.78 is 28.7. The van der Waals surface area contributed by atoms with Crippen molar-refractivity contribution < 1.29 is 13.6 Å². The van der Waals surface area contributed by atoms with Gasteiger partial charge in [-0.15, -0.1) is 0 Å². The monoisotopic (exact) mass is 364 g/mol. The molecule has 0 unspecified atom stereocenters. The second-order valence-corrected chi connectivity index (χ2v) is 5.88. The molecule has 5 nitrogen and oxygen atoms in total. The van der Waals surface area contributed by atoms with Crippen LogP contribution in [0.15, 0.2) is 73.1 Å². The summed E-state index contributed by atoms with van der Waals surface area (Å²) in [5.41, 5.74) is 2.64. The molecule has 2 N–H and O–H groups in total. The van der Waals surface area contributed by atoms with Crippen LogP contribution in [0, 0.1) is 11.6 Å². The average molecular weight is 364 g/mol. The van der Waals surface area contributed by atoms with Gasteiger partial charge in [-0.25, -0.2) is 18.6 Å². The van der Waals surface area contributed by atoms with Crippen molar-refractivity contribution in [2.75, 3.05) is 10.6 Å². The maximum atomic E-state index is 13.6. The number of hydrogen-bond acceptors (Lipinski definition) is 2. The van der Waals surface area contributed by atoms with E-state index in [1.54, 1.807) is 18.2 Å². The fraction of sp³-hybridized carbons (Fsp3) is 0. The van der Waals surface area contributed by atoms with E-state index in [1.165, 1.54) is 0 Å². The molecule has 2 aromatic heterocycles. The maximum absolute atomic E-state index is 13.6. The van der Waals surface area contributed by atoms with Crippen molar-refractivity contribution >= 4 is 23.1 Å². The molecule has 7 heteroatoms. The Labute approximate surface area is 153 Å². The summed E-state index contributed by atoms with van der Waals surface area (Å²) >= 11 is 0. The molecule has 2 aromatic carbocycles. The van der Waals surface area contributed by atoms with Crippen molar-refractivity contribution in [3.63, 3.8) is 0 Å². The smallest absolute Gasteiger partial charge is 0.308 e. The molecule has 0 saturated heterocycles. The first-order valence-electron chi connectivity index (χ1n) is 8.16. The fourth-order valence-corrected chi connectivity index (χ4v) is 2.71. The second-order valence-electron chi connectivity index (χ2n) is 5.88. The molecule has 27 heavy (non-hydrogen) atoms. The van der Waals surface area contributed by atoms with Crippen molar-refractivity contribution in [3.05, 3.63) is 84.7 Å². The Balaban J connectivity index is 1.54. The number of rotatable bonds is 3. The van der Waals surface area contributed by atoms with Gasteiger partial charge in [0.1, 0.15) is 17.3 Å². The van der Waals surface area contributed by atoms with Gasteiger partial charge in [0, 0.05) is 29.7 Å². The minimum absolute atomic E-state index is 0.232. The predicted molar refractivity (Wildman–Crippen MR) is 99.6 cm³/mol. The summed E-state index contributed by atoms with van der Waals surface area (Å²) in [7, 11) is 0. The third-order valence-corrected chi connectivity index (χ3v) is 3.96. The number of pyridine rings is 1. The van der Waals surface area contributed by atoms with Gasteiger partial charge < -0.3 is 15.0 Å². The molecule has 0 atom stereocenters. The first-order valence-corrected chi connectivity index (χ1v) is 8.16. The summed E-state index contributed by atoms with van der Waals surface area (Å²) in [6.45, 7) is 0. The largest absolute Gasteiger partial charge is 0.323 e. The van der Waals surface area contributed by atoms with Crippen LogP contribution in [0.4, 0.5) is 25.0 Å². The van der Waals surface area contributed by atoms with E-state index in [4.69, 9.17) is 0 Å². The number of urea groups is 1. The van der Waals surface area contributed by atoms with E-state index in [2.05, 4.69) is 15.6 Å². The van der Waals surface area contributed by atoms with Crippen LogP contribution in [0.5, 0.6) is 0 Å². The summed E-state index contributed by atoms with van der Waals surface area (Å²) in [5.74, 6) is -1.36. The van der Waals surface area contributed by atoms with Crippen LogP contribution in [-0.4, -0.2) is 15.4 Å². The first kappa shape index (κ1) is 16.7. The molecule has 2 heterocycles. The van der Waals surface area contributed by atoms with Gasteiger partial charge in [0.15, 0.2) is 0 Å². The lowest BCUT2D eigenvalue weighted by molar-refractivity contribution is 0.262. The molecule has 0 fully saturated rings. The molecule has 0 spiro atoms. The molecule has 134 valence electrons. The zero-order chi connectivity index (χ0) is 18.8. The number of halogens is 2. The lowest BCUT2D eigenvalue weighted by atomic mass is 10.1. The summed E-state index contributed by atoms with van der Waals surface area (Å²) in [6.07, 6.45) is 3.78. The topological polar surface area (TPSA) is 58.4 Å². The Morgan fingerprint density at radius 3 is 2.70 bits per heavy atom. The van der Waals surface area contributed by atoms with Gasteiger partial charge in [-0.05, 0) is 36.4 Å². The van der Waals surface area contributed by atoms with E-state index < -0.39 is 17.7 Å². The summed E-state index contributed by atoms with van der Waals surface area (Å²) in [6, 6.07) is 15.0. The Morgan fingerprint density at radius 1 is 0.963 bits per heavy atom. The van der Waals surface area contributed by atoms with E-state index in [0.29, 0.717) is 5.69 Å². The zero-order valence-electron chi connectivity index (χ0n) is 14.0. The molecule has 0 aliphatic rings. The van der Waals surface area contributed by atoms with Crippen LogP contribution in [0.3, 0.4) is 0 Å². The summed E-state index contributed by atoms with van der Waals surface area (Å²) in [4.78, 5) is 16.6. The van der Waals surface area contributed by atoms with Crippen LogP contribution < -0.4 is 10.6 Å². The van der Waals surface area contributed by atoms with Gasteiger partial charge in [-0.1, -0.05) is 18.2 Å². The summed E-state index contributed by atoms with van der Waals surface area (Å²) in [5, 5.41) is 4.90. The van der Waals surface area contributed by atoms with E-state index in [9.17, 15) is 13.6 Å². The molecule has 0 aliphatic heterocycles. The number of fused-ring (bicyclic) bond motifs is 1. The van der Waals surface area contributed by atoms with Crippen molar-refractivity contribution in [3.8, 4) is 11.3 Å². The minimum atomic E-state index is -0.718. The second kappa shape index (κ2) is 6.87. The fourth-order valence-electron chi connectivity index (χ4n) is 2.71. The van der Waals surface area contributed by atoms with Gasteiger partial charge in [0.25, 0.3) is 0 Å². The van der Waals surface area contributed by atoms with Crippen LogP contribution in [0.25, 0.3) is 16.9 Å². The third kappa shape index (κ3) is 3.62. The van der Waals surface area contributed by atoms with Crippen LogP contribution in [0.1, 0.15) is 0 Å². The van der Waals surface area contributed by atoms with E-state index >= 15 is 0 Å². The molecule has 0 aliphatic carbocycles. The number of imidazole rings is 1. The van der Waals surface area contributed by atoms with Crippen molar-refractivity contribution in [1.29, 1.82) is 0 Å². The molecule has 0 radical (unpaired) electrons. The number of nitrogens with one attached hydrogen (secondary N) is 2. The SMILES string of the molecule is O=C(Nc1cccc(-c2cn3ccccc3n2)c1)Nc1cc(F)ccc1F. The van der Waals surface area contributed by atoms with Crippen molar-refractivity contribution in [2.24, 2.45) is 0 Å². The third-order valence-electron chi connectivity index (χ3n) is 3.96. The molecular formula is C20H14F2N4O. The standard InChI is InChI=1S/C20H14F2N4O/c21-14-7-8-16(22)17(11-14)25-20(27)23-15-5-3-4-13(10-15)18-12-26-9-2-1-6-19(26)24-18/h1-12H,(H2,23,25,27). The Hall–Kier alpha value is -3.74. The molecule has 4 rings (SSSR count). The number of carbonyl (C=O) groups is 1. The lowest BCUT2D eigenvalue weighted by Gasteiger charge is -2.09. The average Bonchev–Trinajstić information content (AvgIpc) is 3.09. The molecule has 4 aromatic rings. The predicted octanol–water partition coefficient (Wildman–Crippen LogP) is 4.92. The van der Waals surface area contributed by atoms with Gasteiger partial charge in [0.05, 0.1) is 11.4 Å². The molecule has 0 saturated carbocycles. The minimum Gasteiger partial charge on any atom is -0.308 e. The highest BCUT2D eigenvalue weighted by Gasteiger charge is 2.10. The van der Waals surface area contributed by atoms with E-state index in [1.807, 2.05) is 41.1 Å². The Morgan fingerprint density at radius 2 is 1.85 bits per heavy atom. The number of aromatic nitrogens is 2. The lowest BCUT2D eigenvalue weighted by Crippen LogP contribution is -2.20. The highest BCUT2D eigenvalue weighted by Crippen LogP contribution is 2.23. The maximum Gasteiger partial charge on any atom is 0.323 e. The van der Waals surface area contributed by atoms with Gasteiger partial charge in [-0.3, -0.25) is 0 Å². The number of amides is 2. The van der Waals surface area contributed by atoms with Crippen LogP contribution in [0.2, 0.25) is 0 Å². The van der Waals surface area contributed by atoms with Crippen molar-refractivity contribution in [1.82, 2.24) is 9.38 Å². The number of carbonyl (C=O) groups excluding carboxylic acids is 1. The highest BCUT2D eigenvalue weighted by atomic mass is 19.1. The molecular weight excluding hydrogens is 350 g/mol. The normalized spacial score (nSPS) is 10.7. The van der Waals surface area contributed by atoms with Crippen molar-refractivity contribution in [2.45, 2.75) is 0 Å². The van der Waals surface area contributed by atoms with E-state index in [0.717, 1.165) is 35.1 Å². The number of hydrogen-bond donors (Lipinski definition) is 2. The van der Waals surface area contributed by atoms with E-state index in [-0.39, 0.29) is 5.69 Å². The van der Waals surface area contributed by atoms with Gasteiger partial charge >= 0.3 is 6.03 Å².